The second-order valence-corrected chi connectivity index (χ2v) is 6.87. The smallest absolute Gasteiger partial charge is 0.237 e. The molecule has 1 aliphatic rings. The van der Waals surface area contributed by atoms with Crippen molar-refractivity contribution in [2.45, 2.75) is 32.5 Å². The van der Waals surface area contributed by atoms with Crippen LogP contribution < -0.4 is 5.32 Å². The summed E-state index contributed by atoms with van der Waals surface area (Å²) in [7, 11) is 1.70. The zero-order valence-electron chi connectivity index (χ0n) is 15.5. The largest absolute Gasteiger partial charge is 0.353 e. The average Bonchev–Trinajstić information content (AvgIpc) is 3.04. The van der Waals surface area contributed by atoms with Crippen molar-refractivity contribution in [1.29, 1.82) is 0 Å². The fourth-order valence-corrected chi connectivity index (χ4v) is 3.18. The average molecular weight is 373 g/mol. The Morgan fingerprint density at radius 3 is 2.78 bits per heavy atom. The van der Waals surface area contributed by atoms with E-state index in [-0.39, 0.29) is 24.1 Å². The lowest BCUT2D eigenvalue weighted by Gasteiger charge is -2.35. The van der Waals surface area contributed by atoms with E-state index in [0.29, 0.717) is 32.0 Å². The molecule has 1 atom stereocenters. The van der Waals surface area contributed by atoms with Crippen LogP contribution in [0.25, 0.3) is 0 Å². The molecule has 2 N–H and O–H groups in total. The topological polar surface area (TPSA) is 81.3 Å². The van der Waals surface area contributed by atoms with Crippen LogP contribution in [0.5, 0.6) is 0 Å². The summed E-state index contributed by atoms with van der Waals surface area (Å²) in [6.45, 7) is 3.93. The van der Waals surface area contributed by atoms with Crippen LogP contribution in [0.4, 0.5) is 4.39 Å². The van der Waals surface area contributed by atoms with Gasteiger partial charge in [-0.25, -0.2) is 9.37 Å². The van der Waals surface area contributed by atoms with Crippen molar-refractivity contribution < 1.29 is 14.0 Å². The zero-order valence-corrected chi connectivity index (χ0v) is 15.5. The van der Waals surface area contributed by atoms with Crippen molar-refractivity contribution in [2.75, 3.05) is 20.1 Å². The molecular weight excluding hydrogens is 349 g/mol. The number of amides is 2. The predicted octanol–water partition coefficient (Wildman–Crippen LogP) is 1.21. The van der Waals surface area contributed by atoms with Gasteiger partial charge in [0.15, 0.2) is 0 Å². The summed E-state index contributed by atoms with van der Waals surface area (Å²) in [5.41, 5.74) is 1.84. The third-order valence-electron chi connectivity index (χ3n) is 4.68. The normalized spacial score (nSPS) is 17.6. The van der Waals surface area contributed by atoms with E-state index >= 15 is 0 Å². The number of hydrogen-bond donors (Lipinski definition) is 2. The fourth-order valence-electron chi connectivity index (χ4n) is 3.18. The lowest BCUT2D eigenvalue weighted by molar-refractivity contribution is -0.138. The Balaban J connectivity index is 1.64. The van der Waals surface area contributed by atoms with Crippen molar-refractivity contribution in [3.8, 4) is 0 Å². The van der Waals surface area contributed by atoms with Gasteiger partial charge in [0.05, 0.1) is 19.0 Å². The quantitative estimate of drug-likeness (QED) is 0.797. The SMILES string of the molecule is Cc1cnc(CN(C)C(=O)CC2C(=O)NCCN2Cc2ccc(F)cc2)[nH]1. The molecule has 1 fully saturated rings. The Morgan fingerprint density at radius 1 is 1.37 bits per heavy atom. The minimum absolute atomic E-state index is 0.0865. The van der Waals surface area contributed by atoms with Gasteiger partial charge in [0.1, 0.15) is 11.6 Å². The van der Waals surface area contributed by atoms with Gasteiger partial charge >= 0.3 is 0 Å². The maximum atomic E-state index is 13.1. The van der Waals surface area contributed by atoms with Crippen molar-refractivity contribution in [1.82, 2.24) is 25.1 Å². The van der Waals surface area contributed by atoms with Gasteiger partial charge in [-0.1, -0.05) is 12.1 Å². The summed E-state index contributed by atoms with van der Waals surface area (Å²) in [5, 5.41) is 2.82. The molecule has 1 aliphatic heterocycles. The van der Waals surface area contributed by atoms with Gasteiger partial charge in [-0.05, 0) is 24.6 Å². The fraction of sp³-hybridized carbons (Fsp3) is 0.421. The first-order valence-corrected chi connectivity index (χ1v) is 8.93. The number of carbonyl (C=O) groups is 2. The van der Waals surface area contributed by atoms with Crippen LogP contribution in [0.3, 0.4) is 0 Å². The number of nitrogens with one attached hydrogen (secondary N) is 2. The Labute approximate surface area is 157 Å². The molecule has 27 heavy (non-hydrogen) atoms. The maximum absolute atomic E-state index is 13.1. The highest BCUT2D eigenvalue weighted by molar-refractivity contribution is 5.88. The van der Waals surface area contributed by atoms with E-state index < -0.39 is 6.04 Å². The molecule has 2 amide bonds. The highest BCUT2D eigenvalue weighted by Gasteiger charge is 2.32. The summed E-state index contributed by atoms with van der Waals surface area (Å²) in [6, 6.07) is 5.66. The van der Waals surface area contributed by atoms with E-state index in [1.54, 1.807) is 30.3 Å². The molecule has 1 aromatic carbocycles. The van der Waals surface area contributed by atoms with E-state index in [4.69, 9.17) is 0 Å². The monoisotopic (exact) mass is 373 g/mol. The Hall–Kier alpha value is -2.74. The second kappa shape index (κ2) is 8.30. The summed E-state index contributed by atoms with van der Waals surface area (Å²) in [5.74, 6) is 0.130. The number of hydrogen-bond acceptors (Lipinski definition) is 4. The molecule has 1 aromatic heterocycles. The van der Waals surface area contributed by atoms with E-state index in [0.717, 1.165) is 11.3 Å². The first-order valence-electron chi connectivity index (χ1n) is 8.93. The molecule has 0 radical (unpaired) electrons. The number of rotatable bonds is 6. The molecule has 0 aliphatic carbocycles. The first-order chi connectivity index (χ1) is 12.9. The lowest BCUT2D eigenvalue weighted by Crippen LogP contribution is -2.56. The highest BCUT2D eigenvalue weighted by Crippen LogP contribution is 2.16. The van der Waals surface area contributed by atoms with E-state index in [1.165, 1.54) is 12.1 Å². The van der Waals surface area contributed by atoms with Crippen LogP contribution in [0, 0.1) is 12.7 Å². The minimum atomic E-state index is -0.544. The van der Waals surface area contributed by atoms with Crippen molar-refractivity contribution >= 4 is 11.8 Å². The molecule has 144 valence electrons. The number of imidazole rings is 1. The summed E-state index contributed by atoms with van der Waals surface area (Å²) < 4.78 is 13.1. The number of aromatic nitrogens is 2. The van der Waals surface area contributed by atoms with Crippen LogP contribution in [0.1, 0.15) is 23.5 Å². The van der Waals surface area contributed by atoms with Gasteiger partial charge in [-0.2, -0.15) is 0 Å². The third kappa shape index (κ3) is 4.91. The molecule has 0 bridgehead atoms. The van der Waals surface area contributed by atoms with E-state index in [2.05, 4.69) is 15.3 Å². The number of H-pyrrole nitrogens is 1. The van der Waals surface area contributed by atoms with Crippen molar-refractivity contribution in [3.05, 3.63) is 53.4 Å². The maximum Gasteiger partial charge on any atom is 0.237 e. The third-order valence-corrected chi connectivity index (χ3v) is 4.68. The van der Waals surface area contributed by atoms with Gasteiger partial charge < -0.3 is 15.2 Å². The van der Waals surface area contributed by atoms with E-state index in [1.807, 2.05) is 11.8 Å². The van der Waals surface area contributed by atoms with Crippen molar-refractivity contribution in [3.63, 3.8) is 0 Å². The predicted molar refractivity (Wildman–Crippen MR) is 98.0 cm³/mol. The van der Waals surface area contributed by atoms with Crippen molar-refractivity contribution in [2.24, 2.45) is 0 Å². The van der Waals surface area contributed by atoms with Crippen LogP contribution in [-0.4, -0.2) is 57.8 Å². The molecule has 2 heterocycles. The Kier molecular flexibility index (Phi) is 5.85. The lowest BCUT2D eigenvalue weighted by atomic mass is 10.1. The number of aromatic amines is 1. The zero-order chi connectivity index (χ0) is 19.4. The number of halogens is 1. The number of benzene rings is 1. The van der Waals surface area contributed by atoms with Gasteiger partial charge in [-0.3, -0.25) is 14.5 Å². The van der Waals surface area contributed by atoms with Gasteiger partial charge in [0, 0.05) is 38.6 Å². The minimum Gasteiger partial charge on any atom is -0.353 e. The second-order valence-electron chi connectivity index (χ2n) is 6.87. The summed E-state index contributed by atoms with van der Waals surface area (Å²) in [6.07, 6.45) is 1.80. The molecule has 0 saturated carbocycles. The first kappa shape index (κ1) is 19.0. The molecule has 0 spiro atoms. The molecule has 2 aromatic rings. The number of carbonyl (C=O) groups excluding carboxylic acids is 2. The van der Waals surface area contributed by atoms with Gasteiger partial charge in [-0.15, -0.1) is 0 Å². The molecule has 1 unspecified atom stereocenters. The summed E-state index contributed by atoms with van der Waals surface area (Å²) >= 11 is 0. The van der Waals surface area contributed by atoms with Crippen LogP contribution >= 0.6 is 0 Å². The van der Waals surface area contributed by atoms with Gasteiger partial charge in [0.25, 0.3) is 0 Å². The van der Waals surface area contributed by atoms with Gasteiger partial charge in [0.2, 0.25) is 11.8 Å². The van der Waals surface area contributed by atoms with Crippen LogP contribution in [0.15, 0.2) is 30.5 Å². The standard InChI is InChI=1S/C19H24FN5O2/c1-13-10-22-17(23-13)12-24(2)18(26)9-16-19(27)21-7-8-25(16)11-14-3-5-15(20)6-4-14/h3-6,10,16H,7-9,11-12H2,1-2H3,(H,21,27)(H,22,23). The molecule has 1 saturated heterocycles. The highest BCUT2D eigenvalue weighted by atomic mass is 19.1. The molecule has 7 nitrogen and oxygen atoms in total. The van der Waals surface area contributed by atoms with Crippen LogP contribution in [-0.2, 0) is 22.7 Å². The molecule has 8 heteroatoms. The number of piperazine rings is 1. The molecule has 3 rings (SSSR count). The summed E-state index contributed by atoms with van der Waals surface area (Å²) in [4.78, 5) is 35.8. The van der Waals surface area contributed by atoms with E-state index in [9.17, 15) is 14.0 Å². The van der Waals surface area contributed by atoms with Crippen LogP contribution in [0.2, 0.25) is 0 Å². The Morgan fingerprint density at radius 2 is 2.11 bits per heavy atom. The number of aryl methyl sites for hydroxylation is 1. The Bertz CT molecular complexity index is 805. The molecular formula is C19H24FN5O2. The number of nitrogens with zero attached hydrogens (tertiary/aromatic N) is 3.